The molecule has 3 rings (SSSR count). The zero-order valence-corrected chi connectivity index (χ0v) is 19.4. The number of hydrogen-bond acceptors (Lipinski definition) is 4. The number of carbonyl (C=O) groups excluding carboxylic acids is 1. The molecule has 0 radical (unpaired) electrons. The Morgan fingerprint density at radius 1 is 1.13 bits per heavy atom. The Morgan fingerprint density at radius 3 is 2.60 bits per heavy atom. The third-order valence-electron chi connectivity index (χ3n) is 4.18. The summed E-state index contributed by atoms with van der Waals surface area (Å²) in [5.41, 5.74) is 2.51. The first kappa shape index (κ1) is 22.6. The average Bonchev–Trinajstić information content (AvgIpc) is 3.10. The molecule has 0 aliphatic rings. The molecule has 0 spiro atoms. The number of nitrogens with one attached hydrogen (secondary N) is 2. The number of thiophene rings is 1. The summed E-state index contributed by atoms with van der Waals surface area (Å²) >= 11 is 19.0. The van der Waals surface area contributed by atoms with Gasteiger partial charge in [0.25, 0.3) is 0 Å². The van der Waals surface area contributed by atoms with Gasteiger partial charge in [-0.15, -0.1) is 11.3 Å². The van der Waals surface area contributed by atoms with Crippen molar-refractivity contribution in [3.63, 3.8) is 0 Å². The fourth-order valence-electron chi connectivity index (χ4n) is 2.77. The summed E-state index contributed by atoms with van der Waals surface area (Å²) in [6.07, 6.45) is 0.722. The fraction of sp³-hybridized carbons (Fsp3) is 0.182. The van der Waals surface area contributed by atoms with E-state index in [1.165, 1.54) is 16.9 Å². The van der Waals surface area contributed by atoms with Crippen LogP contribution in [-0.2, 0) is 17.7 Å². The average molecular weight is 479 g/mol. The molecule has 0 atom stereocenters. The summed E-state index contributed by atoms with van der Waals surface area (Å²) in [5.74, 6) is -0.376. The topological polar surface area (TPSA) is 50.4 Å². The van der Waals surface area contributed by atoms with Crippen molar-refractivity contribution in [3.05, 3.63) is 86.2 Å². The second-order valence-electron chi connectivity index (χ2n) is 6.38. The quantitative estimate of drug-likeness (QED) is 0.307. The molecular weight excluding hydrogens is 459 g/mol. The van der Waals surface area contributed by atoms with Crippen LogP contribution in [-0.4, -0.2) is 17.7 Å². The van der Waals surface area contributed by atoms with Crippen molar-refractivity contribution in [1.29, 1.82) is 0 Å². The Labute approximate surface area is 195 Å². The number of esters is 1. The predicted octanol–water partition coefficient (Wildman–Crippen LogP) is 6.31. The zero-order valence-electron chi connectivity index (χ0n) is 16.2. The molecule has 1 heterocycles. The first-order chi connectivity index (χ1) is 14.5. The highest BCUT2D eigenvalue weighted by Gasteiger charge is 2.18. The Morgan fingerprint density at radius 2 is 1.90 bits per heavy atom. The minimum atomic E-state index is -0.376. The van der Waals surface area contributed by atoms with Gasteiger partial charge >= 0.3 is 5.97 Å². The van der Waals surface area contributed by atoms with Crippen LogP contribution in [0.2, 0.25) is 10.0 Å². The smallest absolute Gasteiger partial charge is 0.341 e. The minimum absolute atomic E-state index is 0.305. The van der Waals surface area contributed by atoms with Crippen molar-refractivity contribution in [2.75, 3.05) is 11.9 Å². The molecule has 0 fully saturated rings. The lowest BCUT2D eigenvalue weighted by Crippen LogP contribution is -2.28. The SMILES string of the molecule is CCOC(=O)c1cc(Cc2ccccc2)sc1NC(=S)NCc1ccc(Cl)cc1Cl. The van der Waals surface area contributed by atoms with E-state index in [1.807, 2.05) is 30.3 Å². The Bertz CT molecular complexity index is 1040. The second-order valence-corrected chi connectivity index (χ2v) is 8.77. The van der Waals surface area contributed by atoms with Crippen LogP contribution >= 0.6 is 46.8 Å². The third-order valence-corrected chi connectivity index (χ3v) is 6.07. The van der Waals surface area contributed by atoms with Gasteiger partial charge in [-0.05, 0) is 48.5 Å². The molecular formula is C22H20Cl2N2O2S2. The zero-order chi connectivity index (χ0) is 21.5. The van der Waals surface area contributed by atoms with Crippen LogP contribution in [0.15, 0.2) is 54.6 Å². The van der Waals surface area contributed by atoms with Crippen LogP contribution in [0, 0.1) is 0 Å². The van der Waals surface area contributed by atoms with Gasteiger partial charge in [0.05, 0.1) is 12.2 Å². The first-order valence-electron chi connectivity index (χ1n) is 9.28. The van der Waals surface area contributed by atoms with Crippen molar-refractivity contribution in [1.82, 2.24) is 5.32 Å². The van der Waals surface area contributed by atoms with Gasteiger partial charge in [-0.2, -0.15) is 0 Å². The third kappa shape index (κ3) is 6.19. The van der Waals surface area contributed by atoms with Gasteiger partial charge in [-0.1, -0.05) is 59.6 Å². The summed E-state index contributed by atoms with van der Waals surface area (Å²) in [5, 5.41) is 8.42. The van der Waals surface area contributed by atoms with Gasteiger partial charge in [0.15, 0.2) is 5.11 Å². The van der Waals surface area contributed by atoms with E-state index in [4.69, 9.17) is 40.2 Å². The van der Waals surface area contributed by atoms with Crippen LogP contribution in [0.4, 0.5) is 5.00 Å². The van der Waals surface area contributed by atoms with Crippen LogP contribution in [0.25, 0.3) is 0 Å². The molecule has 2 N–H and O–H groups in total. The normalized spacial score (nSPS) is 10.5. The molecule has 0 aliphatic heterocycles. The van der Waals surface area contributed by atoms with E-state index >= 15 is 0 Å². The number of hydrogen-bond donors (Lipinski definition) is 2. The molecule has 8 heteroatoms. The van der Waals surface area contributed by atoms with Gasteiger partial charge in [0, 0.05) is 27.9 Å². The van der Waals surface area contributed by atoms with E-state index in [0.717, 1.165) is 16.9 Å². The Kier molecular flexibility index (Phi) is 8.10. The molecule has 0 unspecified atom stereocenters. The summed E-state index contributed by atoms with van der Waals surface area (Å²) in [4.78, 5) is 13.5. The van der Waals surface area contributed by atoms with E-state index in [2.05, 4.69) is 22.8 Å². The molecule has 1 aromatic heterocycles. The lowest BCUT2D eigenvalue weighted by Gasteiger charge is -2.11. The number of halogens is 2. The summed E-state index contributed by atoms with van der Waals surface area (Å²) in [6.45, 7) is 2.52. The maximum Gasteiger partial charge on any atom is 0.341 e. The summed E-state index contributed by atoms with van der Waals surface area (Å²) in [6, 6.07) is 17.2. The Balaban J connectivity index is 1.72. The summed E-state index contributed by atoms with van der Waals surface area (Å²) in [7, 11) is 0. The van der Waals surface area contributed by atoms with Crippen LogP contribution in [0.5, 0.6) is 0 Å². The molecule has 30 heavy (non-hydrogen) atoms. The van der Waals surface area contributed by atoms with E-state index in [1.54, 1.807) is 19.1 Å². The number of carbonyl (C=O) groups is 1. The number of benzene rings is 2. The largest absolute Gasteiger partial charge is 0.462 e. The maximum atomic E-state index is 12.4. The standard InChI is InChI=1S/C22H20Cl2N2O2S2/c1-2-28-21(27)18-12-17(10-14-6-4-3-5-7-14)30-20(18)26-22(29)25-13-15-8-9-16(23)11-19(15)24/h3-9,11-12H,2,10,13H2,1H3,(H2,25,26,29). The van der Waals surface area contributed by atoms with E-state index in [9.17, 15) is 4.79 Å². The highest BCUT2D eigenvalue weighted by molar-refractivity contribution is 7.80. The van der Waals surface area contributed by atoms with Crippen LogP contribution in [0.3, 0.4) is 0 Å². The van der Waals surface area contributed by atoms with E-state index in [-0.39, 0.29) is 5.97 Å². The van der Waals surface area contributed by atoms with Crippen LogP contribution < -0.4 is 10.6 Å². The van der Waals surface area contributed by atoms with Gasteiger partial charge in [-0.3, -0.25) is 0 Å². The monoisotopic (exact) mass is 478 g/mol. The second kappa shape index (κ2) is 10.8. The fourth-order valence-corrected chi connectivity index (χ4v) is 4.56. The molecule has 0 aliphatic carbocycles. The van der Waals surface area contributed by atoms with Gasteiger partial charge in [-0.25, -0.2) is 4.79 Å². The lowest BCUT2D eigenvalue weighted by atomic mass is 10.1. The predicted molar refractivity (Wildman–Crippen MR) is 129 cm³/mol. The number of anilines is 1. The maximum absolute atomic E-state index is 12.4. The highest BCUT2D eigenvalue weighted by Crippen LogP contribution is 2.31. The number of thiocarbonyl (C=S) groups is 1. The van der Waals surface area contributed by atoms with Crippen molar-refractivity contribution in [2.24, 2.45) is 0 Å². The van der Waals surface area contributed by atoms with Crippen molar-refractivity contribution in [2.45, 2.75) is 19.9 Å². The first-order valence-corrected chi connectivity index (χ1v) is 11.3. The summed E-state index contributed by atoms with van der Waals surface area (Å²) < 4.78 is 5.20. The van der Waals surface area contributed by atoms with Crippen LogP contribution in [0.1, 0.15) is 33.3 Å². The van der Waals surface area contributed by atoms with Gasteiger partial charge in [0.2, 0.25) is 0 Å². The van der Waals surface area contributed by atoms with E-state index < -0.39 is 0 Å². The van der Waals surface area contributed by atoms with Gasteiger partial charge < -0.3 is 15.4 Å². The molecule has 0 saturated carbocycles. The molecule has 2 aromatic carbocycles. The lowest BCUT2D eigenvalue weighted by molar-refractivity contribution is 0.0528. The van der Waals surface area contributed by atoms with Crippen molar-refractivity contribution in [3.8, 4) is 0 Å². The highest BCUT2D eigenvalue weighted by atomic mass is 35.5. The Hall–Kier alpha value is -2.12. The molecule has 4 nitrogen and oxygen atoms in total. The minimum Gasteiger partial charge on any atom is -0.462 e. The molecule has 0 bridgehead atoms. The van der Waals surface area contributed by atoms with Crippen molar-refractivity contribution >= 4 is 62.8 Å². The van der Waals surface area contributed by atoms with Gasteiger partial charge in [0.1, 0.15) is 5.00 Å². The number of ether oxygens (including phenoxy) is 1. The number of rotatable bonds is 7. The van der Waals surface area contributed by atoms with Crippen molar-refractivity contribution < 1.29 is 9.53 Å². The molecule has 0 amide bonds. The molecule has 156 valence electrons. The van der Waals surface area contributed by atoms with E-state index in [0.29, 0.717) is 38.9 Å². The molecule has 3 aromatic rings. The molecule has 0 saturated heterocycles.